The topological polar surface area (TPSA) is 138 Å². The summed E-state index contributed by atoms with van der Waals surface area (Å²) >= 11 is 6.21. The van der Waals surface area contributed by atoms with Crippen LogP contribution >= 0.6 is 11.6 Å². The Balaban J connectivity index is 1.82. The summed E-state index contributed by atoms with van der Waals surface area (Å²) in [4.78, 5) is 12.7. The van der Waals surface area contributed by atoms with Gasteiger partial charge < -0.3 is 15.2 Å². The Morgan fingerprint density at radius 2 is 1.72 bits per heavy atom. The van der Waals surface area contributed by atoms with Gasteiger partial charge in [-0.3, -0.25) is 9.35 Å². The highest BCUT2D eigenvalue weighted by atomic mass is 35.5. The molecule has 0 radical (unpaired) electrons. The molecule has 0 aliphatic heterocycles. The number of fused-ring (bicyclic) bond motifs is 1. The highest BCUT2D eigenvalue weighted by Crippen LogP contribution is 2.41. The summed E-state index contributed by atoms with van der Waals surface area (Å²) in [7, 11) is -3.02. The summed E-state index contributed by atoms with van der Waals surface area (Å²) in [5, 5.41) is 23.1. The van der Waals surface area contributed by atoms with Crippen molar-refractivity contribution in [3.05, 3.63) is 82.9 Å². The molecule has 3 N–H and O–H groups in total. The Bertz CT molecular complexity index is 1640. The van der Waals surface area contributed by atoms with E-state index in [0.717, 1.165) is 6.07 Å². The van der Waals surface area contributed by atoms with Gasteiger partial charge in [-0.1, -0.05) is 41.9 Å². The minimum absolute atomic E-state index is 0.0125. The fraction of sp³-hybridized carbons (Fsp3) is 0.0800. The first kappa shape index (κ1) is 25.1. The van der Waals surface area contributed by atoms with E-state index in [2.05, 4.69) is 15.5 Å². The summed E-state index contributed by atoms with van der Waals surface area (Å²) in [6.45, 7) is 1.42. The van der Waals surface area contributed by atoms with E-state index >= 15 is 0 Å². The molecule has 0 spiro atoms. The first-order chi connectivity index (χ1) is 17.1. The van der Waals surface area contributed by atoms with Crippen molar-refractivity contribution in [2.45, 2.75) is 11.8 Å². The highest BCUT2D eigenvalue weighted by Gasteiger charge is 2.21. The third-order valence-corrected chi connectivity index (χ3v) is 6.73. The highest BCUT2D eigenvalue weighted by molar-refractivity contribution is 7.85. The van der Waals surface area contributed by atoms with Crippen LogP contribution in [0.4, 0.5) is 17.1 Å². The molecule has 1 amide bonds. The number of nitrogens with zero attached hydrogens (tertiary/aromatic N) is 2. The van der Waals surface area contributed by atoms with Crippen LogP contribution in [0.5, 0.6) is 11.5 Å². The van der Waals surface area contributed by atoms with Gasteiger partial charge >= 0.3 is 0 Å². The first-order valence-electron chi connectivity index (χ1n) is 10.5. The molecule has 0 aliphatic rings. The van der Waals surface area contributed by atoms with Crippen molar-refractivity contribution >= 4 is 55.5 Å². The molecule has 0 aromatic heterocycles. The average Bonchev–Trinajstić information content (AvgIpc) is 2.84. The van der Waals surface area contributed by atoms with Crippen LogP contribution in [0.25, 0.3) is 10.8 Å². The number of ether oxygens (including phenoxy) is 1. The molecule has 0 saturated heterocycles. The average molecular weight is 526 g/mol. The van der Waals surface area contributed by atoms with Crippen LogP contribution in [0, 0.1) is 6.92 Å². The molecule has 0 unspecified atom stereocenters. The SMILES string of the molecule is COc1cccc(NC(=O)c2cc3ccccc3c(N=Nc3c(Cl)ccc(S(=O)(=O)O)c3C)c2O)c1. The van der Waals surface area contributed by atoms with Crippen LogP contribution < -0.4 is 10.1 Å². The smallest absolute Gasteiger partial charge is 0.294 e. The van der Waals surface area contributed by atoms with Crippen LogP contribution in [0.1, 0.15) is 15.9 Å². The van der Waals surface area contributed by atoms with Crippen molar-refractivity contribution in [3.8, 4) is 11.5 Å². The summed E-state index contributed by atoms with van der Waals surface area (Å²) in [5.41, 5.74) is 0.446. The van der Waals surface area contributed by atoms with Crippen LogP contribution in [0.2, 0.25) is 5.02 Å². The molecule has 0 atom stereocenters. The maximum Gasteiger partial charge on any atom is 0.294 e. The van der Waals surface area contributed by atoms with Gasteiger partial charge in [0.2, 0.25) is 0 Å². The number of phenols is 1. The fourth-order valence-corrected chi connectivity index (χ4v) is 4.61. The zero-order valence-electron chi connectivity index (χ0n) is 19.1. The lowest BCUT2D eigenvalue weighted by Crippen LogP contribution is -2.12. The molecule has 4 aromatic carbocycles. The Morgan fingerprint density at radius 3 is 2.44 bits per heavy atom. The lowest BCUT2D eigenvalue weighted by molar-refractivity contribution is 0.102. The van der Waals surface area contributed by atoms with Crippen LogP contribution in [-0.2, 0) is 10.1 Å². The van der Waals surface area contributed by atoms with E-state index in [9.17, 15) is 22.9 Å². The number of nitrogens with one attached hydrogen (secondary N) is 1. The second kappa shape index (κ2) is 9.94. The van der Waals surface area contributed by atoms with E-state index in [1.54, 1.807) is 48.5 Å². The van der Waals surface area contributed by atoms with E-state index < -0.39 is 21.8 Å². The molecule has 0 bridgehead atoms. The van der Waals surface area contributed by atoms with Gasteiger partial charge in [0, 0.05) is 17.1 Å². The molecular weight excluding hydrogens is 506 g/mol. The van der Waals surface area contributed by atoms with Gasteiger partial charge in [-0.2, -0.15) is 8.42 Å². The van der Waals surface area contributed by atoms with Gasteiger partial charge in [-0.15, -0.1) is 10.2 Å². The molecule has 11 heteroatoms. The van der Waals surface area contributed by atoms with Gasteiger partial charge in [0.15, 0.2) is 5.75 Å². The van der Waals surface area contributed by atoms with Crippen LogP contribution in [0.3, 0.4) is 0 Å². The molecule has 0 heterocycles. The number of benzene rings is 4. The summed E-state index contributed by atoms with van der Waals surface area (Å²) in [5.74, 6) is -0.479. The number of phenolic OH excluding ortho intramolecular Hbond substituents is 1. The zero-order chi connectivity index (χ0) is 26.0. The second-order valence-corrected chi connectivity index (χ2v) is 9.52. The number of halogens is 1. The van der Waals surface area contributed by atoms with E-state index in [1.807, 2.05) is 0 Å². The maximum atomic E-state index is 13.1. The monoisotopic (exact) mass is 525 g/mol. The normalized spacial score (nSPS) is 11.7. The molecule has 184 valence electrons. The number of hydrogen-bond acceptors (Lipinski definition) is 7. The van der Waals surface area contributed by atoms with Crippen molar-refractivity contribution in [1.29, 1.82) is 0 Å². The van der Waals surface area contributed by atoms with Crippen molar-refractivity contribution in [3.63, 3.8) is 0 Å². The van der Waals surface area contributed by atoms with Crippen LogP contribution in [0.15, 0.2) is 81.9 Å². The predicted molar refractivity (Wildman–Crippen MR) is 137 cm³/mol. The van der Waals surface area contributed by atoms with Crippen molar-refractivity contribution in [2.75, 3.05) is 12.4 Å². The van der Waals surface area contributed by atoms with E-state index in [0.29, 0.717) is 22.2 Å². The third-order valence-electron chi connectivity index (χ3n) is 5.43. The lowest BCUT2D eigenvalue weighted by Gasteiger charge is -2.12. The number of azo groups is 1. The minimum Gasteiger partial charge on any atom is -0.505 e. The summed E-state index contributed by atoms with van der Waals surface area (Å²) in [6, 6.07) is 17.6. The molecule has 36 heavy (non-hydrogen) atoms. The molecule has 4 rings (SSSR count). The standard InChI is InChI=1S/C25H20ClN3O6S/c1-14-21(36(32,33)34)11-10-20(26)22(14)28-29-23-18-9-4-3-6-15(18)12-19(24(23)30)25(31)27-16-7-5-8-17(13-16)35-2/h3-13,30H,1-2H3,(H,27,31)(H,32,33,34). The number of amides is 1. The number of methoxy groups -OCH3 is 1. The molecule has 9 nitrogen and oxygen atoms in total. The Kier molecular flexibility index (Phi) is 6.93. The van der Waals surface area contributed by atoms with Crippen molar-refractivity contribution < 1.29 is 27.6 Å². The van der Waals surface area contributed by atoms with Gasteiger partial charge in [-0.05, 0) is 48.2 Å². The molecule has 4 aromatic rings. The largest absolute Gasteiger partial charge is 0.505 e. The fourth-order valence-electron chi connectivity index (χ4n) is 3.64. The molecule has 0 fully saturated rings. The Morgan fingerprint density at radius 1 is 1.00 bits per heavy atom. The number of anilines is 1. The second-order valence-electron chi connectivity index (χ2n) is 7.72. The van der Waals surface area contributed by atoms with E-state index in [4.69, 9.17) is 16.3 Å². The quantitative estimate of drug-likeness (QED) is 0.196. The minimum atomic E-state index is -4.52. The summed E-state index contributed by atoms with van der Waals surface area (Å²) < 4.78 is 38.0. The molecule has 0 saturated carbocycles. The number of aromatic hydroxyl groups is 1. The van der Waals surface area contributed by atoms with Crippen molar-refractivity contribution in [2.24, 2.45) is 10.2 Å². The number of carbonyl (C=O) groups excluding carboxylic acids is 1. The number of carbonyl (C=O) groups is 1. The number of hydrogen-bond donors (Lipinski definition) is 3. The molecule has 0 aliphatic carbocycles. The van der Waals surface area contributed by atoms with Crippen molar-refractivity contribution in [1.82, 2.24) is 0 Å². The van der Waals surface area contributed by atoms with Gasteiger partial charge in [0.05, 0.1) is 22.6 Å². The third kappa shape index (κ3) is 5.01. The lowest BCUT2D eigenvalue weighted by atomic mass is 10.0. The summed E-state index contributed by atoms with van der Waals surface area (Å²) in [6.07, 6.45) is 0. The zero-order valence-corrected chi connectivity index (χ0v) is 20.6. The van der Waals surface area contributed by atoms with E-state index in [-0.39, 0.29) is 32.4 Å². The first-order valence-corrected chi connectivity index (χ1v) is 12.3. The Labute approximate surface area is 211 Å². The maximum absolute atomic E-state index is 13.1. The van der Waals surface area contributed by atoms with Gasteiger partial charge in [0.25, 0.3) is 16.0 Å². The predicted octanol–water partition coefficient (Wildman–Crippen LogP) is 6.43. The van der Waals surface area contributed by atoms with Crippen LogP contribution in [-0.4, -0.2) is 31.1 Å². The van der Waals surface area contributed by atoms with E-state index in [1.165, 1.54) is 26.2 Å². The number of rotatable bonds is 6. The Hall–Kier alpha value is -3.99. The van der Waals surface area contributed by atoms with Gasteiger partial charge in [-0.25, -0.2) is 0 Å². The molecular formula is C25H20ClN3O6S. The van der Waals surface area contributed by atoms with Gasteiger partial charge in [0.1, 0.15) is 17.1 Å².